The minimum atomic E-state index is -1.39. The van der Waals surface area contributed by atoms with E-state index in [2.05, 4.69) is 0 Å². The van der Waals surface area contributed by atoms with E-state index < -0.39 is 29.2 Å². The van der Waals surface area contributed by atoms with Gasteiger partial charge in [-0.25, -0.2) is 0 Å². The smallest absolute Gasteiger partial charge is 0.403 e. The summed E-state index contributed by atoms with van der Waals surface area (Å²) in [4.78, 5) is 12.3. The van der Waals surface area contributed by atoms with Crippen molar-refractivity contribution in [2.45, 2.75) is 95.3 Å². The van der Waals surface area contributed by atoms with Crippen molar-refractivity contribution in [3.63, 3.8) is 0 Å². The first kappa shape index (κ1) is 30.9. The summed E-state index contributed by atoms with van der Waals surface area (Å²) >= 11 is 0. The highest BCUT2D eigenvalue weighted by molar-refractivity contribution is 6.50. The van der Waals surface area contributed by atoms with Crippen LogP contribution in [0.5, 0.6) is 0 Å². The van der Waals surface area contributed by atoms with Gasteiger partial charge in [0.15, 0.2) is 0 Å². The zero-order valence-electron chi connectivity index (χ0n) is 24.6. The first-order chi connectivity index (χ1) is 19.0. The van der Waals surface area contributed by atoms with Crippen LogP contribution in [-0.2, 0) is 41.5 Å². The van der Waals surface area contributed by atoms with Crippen LogP contribution in [0.2, 0.25) is 5.31 Å². The molecule has 40 heavy (non-hydrogen) atoms. The van der Waals surface area contributed by atoms with Crippen LogP contribution in [0.1, 0.15) is 65.0 Å². The van der Waals surface area contributed by atoms with E-state index in [0.29, 0.717) is 13.2 Å². The summed E-state index contributed by atoms with van der Waals surface area (Å²) in [5, 5.41) is 11.0. The SMILES string of the molecule is CC1(B2OC(C)(C)C(C)(C)O2)C(C=O)CCCC1OCC(O)(COCc1ccccc1)COCc1ccccc1. The molecular formula is C32H45BO7. The highest BCUT2D eigenvalue weighted by atomic mass is 16.7. The van der Waals surface area contributed by atoms with Crippen molar-refractivity contribution in [1.29, 1.82) is 0 Å². The Bertz CT molecular complexity index is 1020. The van der Waals surface area contributed by atoms with E-state index in [4.69, 9.17) is 23.5 Å². The van der Waals surface area contributed by atoms with Crippen LogP contribution < -0.4 is 0 Å². The molecule has 2 fully saturated rings. The van der Waals surface area contributed by atoms with Crippen LogP contribution in [0.4, 0.5) is 0 Å². The molecule has 0 bridgehead atoms. The fraction of sp³-hybridized carbons (Fsp3) is 0.594. The lowest BCUT2D eigenvalue weighted by Crippen LogP contribution is -2.53. The number of aliphatic hydroxyl groups is 1. The summed E-state index contributed by atoms with van der Waals surface area (Å²) in [5.74, 6) is -0.294. The second-order valence-electron chi connectivity index (χ2n) is 12.6. The van der Waals surface area contributed by atoms with Gasteiger partial charge in [-0.2, -0.15) is 0 Å². The van der Waals surface area contributed by atoms with E-state index in [1.165, 1.54) is 0 Å². The molecule has 1 N–H and O–H groups in total. The molecule has 0 spiro atoms. The Morgan fingerprint density at radius 1 is 0.850 bits per heavy atom. The van der Waals surface area contributed by atoms with Crippen LogP contribution in [-0.4, -0.2) is 61.2 Å². The Labute approximate surface area is 239 Å². The van der Waals surface area contributed by atoms with Gasteiger partial charge in [0.05, 0.1) is 50.3 Å². The van der Waals surface area contributed by atoms with Gasteiger partial charge < -0.3 is 33.4 Å². The zero-order chi connectivity index (χ0) is 28.9. The summed E-state index contributed by atoms with van der Waals surface area (Å²) in [6.45, 7) is 10.9. The fourth-order valence-corrected chi connectivity index (χ4v) is 5.53. The maximum Gasteiger partial charge on any atom is 0.467 e. The molecule has 3 unspecified atom stereocenters. The van der Waals surface area contributed by atoms with Gasteiger partial charge in [-0.3, -0.25) is 0 Å². The van der Waals surface area contributed by atoms with Crippen molar-refractivity contribution in [2.24, 2.45) is 5.92 Å². The van der Waals surface area contributed by atoms with E-state index in [0.717, 1.165) is 36.7 Å². The average Bonchev–Trinajstić information content (AvgIpc) is 3.16. The van der Waals surface area contributed by atoms with E-state index >= 15 is 0 Å². The number of hydrogen-bond donors (Lipinski definition) is 1. The van der Waals surface area contributed by atoms with Gasteiger partial charge in [-0.05, 0) is 51.7 Å². The molecule has 1 heterocycles. The van der Waals surface area contributed by atoms with Gasteiger partial charge in [-0.1, -0.05) is 74.0 Å². The van der Waals surface area contributed by atoms with Crippen molar-refractivity contribution in [2.75, 3.05) is 19.8 Å². The minimum Gasteiger partial charge on any atom is -0.403 e. The van der Waals surface area contributed by atoms with E-state index in [9.17, 15) is 9.90 Å². The summed E-state index contributed by atoms with van der Waals surface area (Å²) in [7, 11) is -0.616. The number of rotatable bonds is 13. The van der Waals surface area contributed by atoms with Crippen molar-refractivity contribution >= 4 is 13.4 Å². The first-order valence-electron chi connectivity index (χ1n) is 14.4. The molecule has 1 aliphatic heterocycles. The lowest BCUT2D eigenvalue weighted by molar-refractivity contribution is -0.160. The van der Waals surface area contributed by atoms with Gasteiger partial charge in [0.2, 0.25) is 0 Å². The molecule has 0 amide bonds. The normalized spacial score (nSPS) is 26.1. The molecule has 1 saturated heterocycles. The molecule has 2 aliphatic rings. The predicted molar refractivity (Wildman–Crippen MR) is 155 cm³/mol. The standard InChI is InChI=1S/C32H45BO7/c1-29(2)30(3,4)40-33(39-29)31(5)27(19-34)17-12-18-28(31)38-24-32(35,22-36-20-25-13-8-6-9-14-25)23-37-21-26-15-10-7-11-16-26/h6-11,13-16,19,27-28,35H,12,17-18,20-24H2,1-5H3. The molecule has 0 aromatic heterocycles. The van der Waals surface area contributed by atoms with Gasteiger partial charge in [0.1, 0.15) is 11.9 Å². The zero-order valence-corrected chi connectivity index (χ0v) is 24.6. The number of hydrogen-bond acceptors (Lipinski definition) is 7. The Morgan fingerprint density at radius 3 is 1.82 bits per heavy atom. The van der Waals surface area contributed by atoms with Crippen molar-refractivity contribution in [3.05, 3.63) is 71.8 Å². The minimum absolute atomic E-state index is 0.0120. The molecule has 2 aromatic carbocycles. The topological polar surface area (TPSA) is 83.5 Å². The molecule has 3 atom stereocenters. The molecule has 0 radical (unpaired) electrons. The third-order valence-electron chi connectivity index (χ3n) is 8.92. The molecular weight excluding hydrogens is 507 g/mol. The first-order valence-corrected chi connectivity index (χ1v) is 14.4. The number of carbonyl (C=O) groups is 1. The average molecular weight is 553 g/mol. The Kier molecular flexibility index (Phi) is 9.92. The van der Waals surface area contributed by atoms with Crippen molar-refractivity contribution in [3.8, 4) is 0 Å². The number of carbonyl (C=O) groups excluding carboxylic acids is 1. The second-order valence-corrected chi connectivity index (χ2v) is 12.6. The van der Waals surface area contributed by atoms with Crippen LogP contribution >= 0.6 is 0 Å². The van der Waals surface area contributed by atoms with Gasteiger partial charge in [0, 0.05) is 11.2 Å². The van der Waals surface area contributed by atoms with Crippen LogP contribution in [0.3, 0.4) is 0 Å². The Morgan fingerprint density at radius 2 is 1.35 bits per heavy atom. The quantitative estimate of drug-likeness (QED) is 0.264. The summed E-state index contributed by atoms with van der Waals surface area (Å²) < 4.78 is 31.4. The second kappa shape index (κ2) is 12.8. The Hall–Kier alpha value is -2.07. The largest absolute Gasteiger partial charge is 0.467 e. The summed E-state index contributed by atoms with van der Waals surface area (Å²) in [6, 6.07) is 19.7. The third-order valence-corrected chi connectivity index (χ3v) is 8.92. The summed E-state index contributed by atoms with van der Waals surface area (Å²) in [6.07, 6.45) is 2.97. The molecule has 218 valence electrons. The van der Waals surface area contributed by atoms with Crippen molar-refractivity contribution in [1.82, 2.24) is 0 Å². The maximum absolute atomic E-state index is 12.3. The lowest BCUT2D eigenvalue weighted by Gasteiger charge is -2.46. The highest BCUT2D eigenvalue weighted by Gasteiger charge is 2.63. The van der Waals surface area contributed by atoms with Gasteiger partial charge >= 0.3 is 7.12 Å². The molecule has 7 nitrogen and oxygen atoms in total. The van der Waals surface area contributed by atoms with Crippen LogP contribution in [0.25, 0.3) is 0 Å². The molecule has 4 rings (SSSR count). The molecule has 8 heteroatoms. The van der Waals surface area contributed by atoms with E-state index in [1.807, 2.05) is 95.3 Å². The number of benzene rings is 2. The van der Waals surface area contributed by atoms with Crippen molar-refractivity contribution < 1.29 is 33.4 Å². The van der Waals surface area contributed by atoms with Crippen LogP contribution in [0, 0.1) is 5.92 Å². The Balaban J connectivity index is 1.47. The van der Waals surface area contributed by atoms with Crippen LogP contribution in [0.15, 0.2) is 60.7 Å². The number of aldehydes is 1. The number of ether oxygens (including phenoxy) is 3. The van der Waals surface area contributed by atoms with E-state index in [1.54, 1.807) is 0 Å². The third kappa shape index (κ3) is 7.04. The highest BCUT2D eigenvalue weighted by Crippen LogP contribution is 2.55. The maximum atomic E-state index is 12.3. The summed E-state index contributed by atoms with van der Waals surface area (Å²) in [5.41, 5.74) is -0.425. The molecule has 1 saturated carbocycles. The van der Waals surface area contributed by atoms with Gasteiger partial charge in [0.25, 0.3) is 0 Å². The predicted octanol–water partition coefficient (Wildman–Crippen LogP) is 5.39. The molecule has 1 aliphatic carbocycles. The molecule has 2 aromatic rings. The monoisotopic (exact) mass is 552 g/mol. The lowest BCUT2D eigenvalue weighted by atomic mass is 9.46. The van der Waals surface area contributed by atoms with E-state index in [-0.39, 0.29) is 31.8 Å². The van der Waals surface area contributed by atoms with Gasteiger partial charge in [-0.15, -0.1) is 0 Å². The fourth-order valence-electron chi connectivity index (χ4n) is 5.53.